The summed E-state index contributed by atoms with van der Waals surface area (Å²) in [6.45, 7) is 11.0. The molecule has 0 N–H and O–H groups in total. The highest BCUT2D eigenvalue weighted by atomic mass is 32.2. The van der Waals surface area contributed by atoms with Crippen LogP contribution in [-0.4, -0.2) is 16.7 Å². The average Bonchev–Trinajstić information content (AvgIpc) is 2.91. The van der Waals surface area contributed by atoms with E-state index in [4.69, 9.17) is 9.26 Å². The van der Waals surface area contributed by atoms with Gasteiger partial charge >= 0.3 is 0 Å². The van der Waals surface area contributed by atoms with Gasteiger partial charge in [-0.25, -0.2) is 0 Å². The van der Waals surface area contributed by atoms with Crippen molar-refractivity contribution in [3.05, 3.63) is 36.0 Å². The standard InChI is InChI=1S/C16H22N2O2S/c1-6-19-12-7-9-13(10-8-12)21-11(2)14-17-15(18-20-14)16(3,4)5/h7-11H,6H2,1-5H3. The molecule has 21 heavy (non-hydrogen) atoms. The van der Waals surface area contributed by atoms with Crippen LogP contribution in [0.1, 0.15) is 51.6 Å². The highest BCUT2D eigenvalue weighted by Gasteiger charge is 2.23. The summed E-state index contributed by atoms with van der Waals surface area (Å²) in [6, 6.07) is 8.06. The van der Waals surface area contributed by atoms with Crippen molar-refractivity contribution in [2.75, 3.05) is 6.61 Å². The number of ether oxygens (including phenoxy) is 1. The van der Waals surface area contributed by atoms with E-state index < -0.39 is 0 Å². The van der Waals surface area contributed by atoms with E-state index in [0.717, 1.165) is 16.5 Å². The minimum Gasteiger partial charge on any atom is -0.494 e. The lowest BCUT2D eigenvalue weighted by atomic mass is 9.96. The number of hydrogen-bond acceptors (Lipinski definition) is 5. The van der Waals surface area contributed by atoms with Gasteiger partial charge in [-0.1, -0.05) is 25.9 Å². The summed E-state index contributed by atoms with van der Waals surface area (Å²) in [7, 11) is 0. The first-order valence-corrected chi connectivity index (χ1v) is 8.01. The average molecular weight is 306 g/mol. The monoisotopic (exact) mass is 306 g/mol. The maximum Gasteiger partial charge on any atom is 0.239 e. The van der Waals surface area contributed by atoms with E-state index in [9.17, 15) is 0 Å². The van der Waals surface area contributed by atoms with Crippen LogP contribution in [0.25, 0.3) is 0 Å². The highest BCUT2D eigenvalue weighted by molar-refractivity contribution is 7.99. The Bertz CT molecular complexity index is 573. The molecule has 5 heteroatoms. The number of rotatable bonds is 5. The molecule has 0 saturated heterocycles. The molecule has 1 aromatic heterocycles. The quantitative estimate of drug-likeness (QED) is 0.754. The SMILES string of the molecule is CCOc1ccc(SC(C)c2nc(C(C)(C)C)no2)cc1. The molecule has 1 unspecified atom stereocenters. The first-order valence-electron chi connectivity index (χ1n) is 7.13. The lowest BCUT2D eigenvalue weighted by Gasteiger charge is -2.11. The Kier molecular flexibility index (Phi) is 4.93. The van der Waals surface area contributed by atoms with E-state index >= 15 is 0 Å². The van der Waals surface area contributed by atoms with Crippen molar-refractivity contribution in [1.82, 2.24) is 10.1 Å². The third-order valence-electron chi connectivity index (χ3n) is 2.91. The van der Waals surface area contributed by atoms with E-state index in [0.29, 0.717) is 12.5 Å². The molecular formula is C16H22N2O2S. The van der Waals surface area contributed by atoms with Gasteiger partial charge in [-0.2, -0.15) is 4.98 Å². The Morgan fingerprint density at radius 2 is 1.90 bits per heavy atom. The molecule has 4 nitrogen and oxygen atoms in total. The summed E-state index contributed by atoms with van der Waals surface area (Å²) in [4.78, 5) is 5.66. The van der Waals surface area contributed by atoms with Crippen molar-refractivity contribution < 1.29 is 9.26 Å². The van der Waals surface area contributed by atoms with Gasteiger partial charge in [-0.15, -0.1) is 11.8 Å². The first-order chi connectivity index (χ1) is 9.90. The van der Waals surface area contributed by atoms with Gasteiger partial charge in [-0.05, 0) is 38.1 Å². The summed E-state index contributed by atoms with van der Waals surface area (Å²) < 4.78 is 10.8. The van der Waals surface area contributed by atoms with Crippen LogP contribution < -0.4 is 4.74 Å². The van der Waals surface area contributed by atoms with Gasteiger partial charge in [0.1, 0.15) is 5.75 Å². The fourth-order valence-electron chi connectivity index (χ4n) is 1.74. The van der Waals surface area contributed by atoms with Crippen molar-refractivity contribution in [2.24, 2.45) is 0 Å². The van der Waals surface area contributed by atoms with Crippen LogP contribution in [0, 0.1) is 0 Å². The Morgan fingerprint density at radius 1 is 1.24 bits per heavy atom. The zero-order valence-corrected chi connectivity index (χ0v) is 14.0. The van der Waals surface area contributed by atoms with Crippen LogP contribution in [0.3, 0.4) is 0 Å². The van der Waals surface area contributed by atoms with Crippen molar-refractivity contribution in [2.45, 2.75) is 50.2 Å². The minimum absolute atomic E-state index is 0.0920. The topological polar surface area (TPSA) is 48.2 Å². The molecule has 0 saturated carbocycles. The molecule has 2 rings (SSSR count). The summed E-state index contributed by atoms with van der Waals surface area (Å²) in [5.74, 6) is 2.30. The van der Waals surface area contributed by atoms with Crippen molar-refractivity contribution in [3.63, 3.8) is 0 Å². The number of thioether (sulfide) groups is 1. The molecular weight excluding hydrogens is 284 g/mol. The van der Waals surface area contributed by atoms with E-state index in [-0.39, 0.29) is 10.7 Å². The molecule has 0 radical (unpaired) electrons. The molecule has 1 atom stereocenters. The second kappa shape index (κ2) is 6.52. The lowest BCUT2D eigenvalue weighted by molar-refractivity contribution is 0.340. The third-order valence-corrected chi connectivity index (χ3v) is 4.01. The van der Waals surface area contributed by atoms with Gasteiger partial charge in [0.25, 0.3) is 0 Å². The van der Waals surface area contributed by atoms with Gasteiger partial charge in [0.15, 0.2) is 5.82 Å². The number of nitrogens with zero attached hydrogens (tertiary/aromatic N) is 2. The van der Waals surface area contributed by atoms with Gasteiger partial charge < -0.3 is 9.26 Å². The fraction of sp³-hybridized carbons (Fsp3) is 0.500. The summed E-state index contributed by atoms with van der Waals surface area (Å²) in [5.41, 5.74) is -0.0920. The van der Waals surface area contributed by atoms with Crippen LogP contribution in [0.4, 0.5) is 0 Å². The Balaban J connectivity index is 2.03. The maximum atomic E-state index is 5.44. The number of benzene rings is 1. The lowest BCUT2D eigenvalue weighted by Crippen LogP contribution is -2.13. The van der Waals surface area contributed by atoms with Crippen molar-refractivity contribution >= 4 is 11.8 Å². The van der Waals surface area contributed by atoms with Gasteiger partial charge in [0, 0.05) is 10.3 Å². The third kappa shape index (κ3) is 4.24. The second-order valence-corrected chi connectivity index (χ2v) is 7.28. The first kappa shape index (κ1) is 15.9. The zero-order chi connectivity index (χ0) is 15.5. The molecule has 0 amide bonds. The molecule has 2 aromatic rings. The predicted octanol–water partition coefficient (Wildman–Crippen LogP) is 4.62. The molecule has 0 bridgehead atoms. The summed E-state index contributed by atoms with van der Waals surface area (Å²) in [5, 5.41) is 4.19. The molecule has 0 spiro atoms. The second-order valence-electron chi connectivity index (χ2n) is 5.87. The maximum absolute atomic E-state index is 5.44. The van der Waals surface area contributed by atoms with E-state index in [1.807, 2.05) is 31.2 Å². The van der Waals surface area contributed by atoms with Crippen LogP contribution >= 0.6 is 11.8 Å². The van der Waals surface area contributed by atoms with E-state index in [2.05, 4.69) is 37.8 Å². The number of aromatic nitrogens is 2. The van der Waals surface area contributed by atoms with Crippen LogP contribution in [-0.2, 0) is 5.41 Å². The van der Waals surface area contributed by atoms with E-state index in [1.165, 1.54) is 0 Å². The predicted molar refractivity (Wildman–Crippen MR) is 84.9 cm³/mol. The minimum atomic E-state index is -0.0920. The Labute approximate surface area is 130 Å². The molecule has 0 aliphatic heterocycles. The Hall–Kier alpha value is -1.49. The van der Waals surface area contributed by atoms with Crippen molar-refractivity contribution in [1.29, 1.82) is 0 Å². The molecule has 1 heterocycles. The van der Waals surface area contributed by atoms with Crippen LogP contribution in [0.2, 0.25) is 0 Å². The summed E-state index contributed by atoms with van der Waals surface area (Å²) in [6.07, 6.45) is 0. The molecule has 0 aliphatic carbocycles. The molecule has 0 aliphatic rings. The largest absolute Gasteiger partial charge is 0.494 e. The van der Waals surface area contributed by atoms with Crippen molar-refractivity contribution in [3.8, 4) is 5.75 Å². The highest BCUT2D eigenvalue weighted by Crippen LogP contribution is 2.35. The summed E-state index contributed by atoms with van der Waals surface area (Å²) >= 11 is 1.70. The molecule has 114 valence electrons. The van der Waals surface area contributed by atoms with Gasteiger partial charge in [0.05, 0.1) is 11.9 Å². The smallest absolute Gasteiger partial charge is 0.239 e. The molecule has 0 fully saturated rings. The normalized spacial score (nSPS) is 13.2. The van der Waals surface area contributed by atoms with Crippen LogP contribution in [0.15, 0.2) is 33.7 Å². The molecule has 1 aromatic carbocycles. The van der Waals surface area contributed by atoms with Gasteiger partial charge in [0.2, 0.25) is 5.89 Å². The van der Waals surface area contributed by atoms with Crippen LogP contribution in [0.5, 0.6) is 5.75 Å². The number of hydrogen-bond donors (Lipinski definition) is 0. The fourth-order valence-corrected chi connectivity index (χ4v) is 2.64. The van der Waals surface area contributed by atoms with E-state index in [1.54, 1.807) is 11.8 Å². The van der Waals surface area contributed by atoms with Gasteiger partial charge in [-0.3, -0.25) is 0 Å². The Morgan fingerprint density at radius 3 is 2.43 bits per heavy atom. The zero-order valence-electron chi connectivity index (χ0n) is 13.2.